The first-order chi connectivity index (χ1) is 26.4. The summed E-state index contributed by atoms with van der Waals surface area (Å²) in [5.74, 6) is -2.74. The molecule has 1 spiro atoms. The molecular weight excluding hydrogens is 781 g/mol. The van der Waals surface area contributed by atoms with Crippen LogP contribution in [0.4, 0.5) is 23.2 Å². The molecular formula is C37H35Cl2F4N9O4. The zero-order valence-corrected chi connectivity index (χ0v) is 32.0. The summed E-state index contributed by atoms with van der Waals surface area (Å²) in [5.41, 5.74) is -0.950. The molecule has 2 aliphatic rings. The quantitative estimate of drug-likeness (QED) is 0.183. The van der Waals surface area contributed by atoms with Gasteiger partial charge >= 0.3 is 6.18 Å². The normalized spacial score (nSPS) is 16.6. The van der Waals surface area contributed by atoms with Gasteiger partial charge in [0.2, 0.25) is 11.7 Å². The third kappa shape index (κ3) is 6.96. The van der Waals surface area contributed by atoms with Crippen LogP contribution in [-0.2, 0) is 29.5 Å². The topological polar surface area (TPSA) is 151 Å². The maximum Gasteiger partial charge on any atom is 0.416 e. The summed E-state index contributed by atoms with van der Waals surface area (Å²) in [6, 6.07) is 5.19. The van der Waals surface area contributed by atoms with E-state index in [1.165, 1.54) is 23.0 Å². The lowest BCUT2D eigenvalue weighted by atomic mass is 9.73. The van der Waals surface area contributed by atoms with E-state index in [0.29, 0.717) is 48.7 Å². The van der Waals surface area contributed by atoms with Crippen LogP contribution in [0.2, 0.25) is 10.0 Å². The molecule has 294 valence electrons. The average Bonchev–Trinajstić information content (AvgIpc) is 3.69. The van der Waals surface area contributed by atoms with E-state index in [9.17, 15) is 32.7 Å². The number of hydrogen-bond acceptors (Lipinski definition) is 9. The molecule has 0 bridgehead atoms. The van der Waals surface area contributed by atoms with Crippen LogP contribution >= 0.6 is 23.2 Å². The monoisotopic (exact) mass is 815 g/mol. The highest BCUT2D eigenvalue weighted by Crippen LogP contribution is 2.50. The molecule has 19 heteroatoms. The standard InChI is InChI=1S/C37H35Cl2F4N9O4/c1-18-14-36(7-9-50(10-8-36)34(56)29-31(54)19(2)44-17-45-29)28-30(18)51(16-27(53)46-26-6-5-21(12-24(26)39)37(41,42)43)35-47-32(48-52(35)33(28)55)22-13-23(38)20(11-25(22)40)15-49(3)4/h5-6,11-13,17-18,54H,7-10,14-16H2,1-4H3,(H,46,53)/t18-/m1/s1. The number of likely N-dealkylation sites (tertiary alicyclic amines) is 1. The fourth-order valence-corrected chi connectivity index (χ4v) is 8.30. The second-order valence-electron chi connectivity index (χ2n) is 14.5. The molecule has 0 radical (unpaired) electrons. The molecule has 3 aromatic heterocycles. The molecule has 2 aromatic carbocycles. The van der Waals surface area contributed by atoms with Crippen LogP contribution in [-0.4, -0.2) is 83.0 Å². The van der Waals surface area contributed by atoms with Gasteiger partial charge in [-0.2, -0.15) is 22.7 Å². The molecule has 1 saturated heterocycles. The van der Waals surface area contributed by atoms with E-state index >= 15 is 4.39 Å². The second kappa shape index (κ2) is 14.4. The number of rotatable bonds is 7. The fourth-order valence-electron chi connectivity index (χ4n) is 7.85. The predicted molar refractivity (Wildman–Crippen MR) is 198 cm³/mol. The molecule has 2 N–H and O–H groups in total. The van der Waals surface area contributed by atoms with E-state index < -0.39 is 46.9 Å². The van der Waals surface area contributed by atoms with Crippen molar-refractivity contribution >= 4 is 46.5 Å². The molecule has 4 heterocycles. The number of amides is 2. The Morgan fingerprint density at radius 1 is 1.09 bits per heavy atom. The van der Waals surface area contributed by atoms with Gasteiger partial charge in [0.15, 0.2) is 17.3 Å². The Hall–Kier alpha value is -5.13. The number of aromatic nitrogens is 6. The smallest absolute Gasteiger partial charge is 0.416 e. The Kier molecular flexibility index (Phi) is 10.1. The number of carbonyl (C=O) groups excluding carboxylic acids is 2. The highest BCUT2D eigenvalue weighted by atomic mass is 35.5. The third-order valence-electron chi connectivity index (χ3n) is 10.4. The summed E-state index contributed by atoms with van der Waals surface area (Å²) in [6.45, 7) is 3.76. The number of aryl methyl sites for hydroxylation is 1. The summed E-state index contributed by atoms with van der Waals surface area (Å²) < 4.78 is 58.1. The molecule has 1 atom stereocenters. The molecule has 56 heavy (non-hydrogen) atoms. The Morgan fingerprint density at radius 3 is 2.46 bits per heavy atom. The van der Waals surface area contributed by atoms with Crippen LogP contribution < -0.4 is 10.9 Å². The average molecular weight is 817 g/mol. The Bertz CT molecular complexity index is 2480. The summed E-state index contributed by atoms with van der Waals surface area (Å²) in [7, 11) is 3.61. The summed E-state index contributed by atoms with van der Waals surface area (Å²) in [4.78, 5) is 57.6. The minimum atomic E-state index is -4.65. The first-order valence-corrected chi connectivity index (χ1v) is 18.3. The lowest BCUT2D eigenvalue weighted by Gasteiger charge is -2.39. The molecule has 1 aliphatic heterocycles. The Labute approximate surface area is 326 Å². The Balaban J connectivity index is 1.31. The number of aromatic hydroxyl groups is 1. The minimum absolute atomic E-state index is 0.0680. The van der Waals surface area contributed by atoms with E-state index in [-0.39, 0.29) is 69.0 Å². The lowest BCUT2D eigenvalue weighted by molar-refractivity contribution is -0.137. The highest BCUT2D eigenvalue weighted by molar-refractivity contribution is 6.33. The fraction of sp³-hybridized carbons (Fsp3) is 0.378. The van der Waals surface area contributed by atoms with Crippen molar-refractivity contribution in [3.8, 4) is 17.1 Å². The van der Waals surface area contributed by atoms with Crippen molar-refractivity contribution < 1.29 is 32.3 Å². The van der Waals surface area contributed by atoms with E-state index in [4.69, 9.17) is 23.2 Å². The number of halogens is 6. The lowest BCUT2D eigenvalue weighted by Crippen LogP contribution is -2.46. The molecule has 2 amide bonds. The van der Waals surface area contributed by atoms with Crippen LogP contribution in [0, 0.1) is 12.7 Å². The van der Waals surface area contributed by atoms with Crippen molar-refractivity contribution in [3.05, 3.63) is 96.6 Å². The van der Waals surface area contributed by atoms with Gasteiger partial charge in [-0.05, 0) is 82.1 Å². The first-order valence-electron chi connectivity index (χ1n) is 17.5. The van der Waals surface area contributed by atoms with Gasteiger partial charge in [0.05, 0.1) is 27.5 Å². The van der Waals surface area contributed by atoms with Gasteiger partial charge in [-0.3, -0.25) is 14.4 Å². The van der Waals surface area contributed by atoms with E-state index in [1.807, 2.05) is 11.8 Å². The zero-order chi connectivity index (χ0) is 40.4. The zero-order valence-electron chi connectivity index (χ0n) is 30.5. The largest absolute Gasteiger partial charge is 0.504 e. The summed E-state index contributed by atoms with van der Waals surface area (Å²) in [5, 5.41) is 17.4. The van der Waals surface area contributed by atoms with Gasteiger partial charge in [-0.25, -0.2) is 14.4 Å². The van der Waals surface area contributed by atoms with Gasteiger partial charge in [0.25, 0.3) is 11.5 Å². The Morgan fingerprint density at radius 2 is 1.80 bits per heavy atom. The van der Waals surface area contributed by atoms with Crippen molar-refractivity contribution in [2.75, 3.05) is 32.5 Å². The number of carbonyl (C=O) groups is 2. The number of fused-ring (bicyclic) bond motifs is 3. The van der Waals surface area contributed by atoms with Crippen LogP contribution in [0.25, 0.3) is 17.2 Å². The van der Waals surface area contributed by atoms with Gasteiger partial charge in [-0.15, -0.1) is 5.10 Å². The minimum Gasteiger partial charge on any atom is -0.504 e. The summed E-state index contributed by atoms with van der Waals surface area (Å²) >= 11 is 12.7. The maximum absolute atomic E-state index is 15.7. The number of anilines is 1. The van der Waals surface area contributed by atoms with Gasteiger partial charge in [-0.1, -0.05) is 30.1 Å². The first kappa shape index (κ1) is 39.1. The molecule has 1 aliphatic carbocycles. The van der Waals surface area contributed by atoms with Gasteiger partial charge in [0, 0.05) is 41.3 Å². The second-order valence-corrected chi connectivity index (χ2v) is 15.3. The molecule has 7 rings (SSSR count). The molecule has 5 aromatic rings. The van der Waals surface area contributed by atoms with Crippen LogP contribution in [0.3, 0.4) is 0 Å². The van der Waals surface area contributed by atoms with Crippen LogP contribution in [0.5, 0.6) is 5.75 Å². The highest BCUT2D eigenvalue weighted by Gasteiger charge is 2.49. The van der Waals surface area contributed by atoms with Crippen LogP contribution in [0.15, 0.2) is 41.5 Å². The van der Waals surface area contributed by atoms with Crippen molar-refractivity contribution in [2.24, 2.45) is 0 Å². The maximum atomic E-state index is 15.7. The number of benzene rings is 2. The number of piperidine rings is 1. The number of nitrogens with one attached hydrogen (secondary N) is 1. The molecule has 1 fully saturated rings. The van der Waals surface area contributed by atoms with Crippen molar-refractivity contribution in [3.63, 3.8) is 0 Å². The summed E-state index contributed by atoms with van der Waals surface area (Å²) in [6.07, 6.45) is -2.30. The van der Waals surface area contributed by atoms with Gasteiger partial charge < -0.3 is 24.8 Å². The van der Waals surface area contributed by atoms with Crippen LogP contribution in [0.1, 0.15) is 70.7 Å². The van der Waals surface area contributed by atoms with E-state index in [1.54, 1.807) is 25.9 Å². The number of hydrogen-bond donors (Lipinski definition) is 2. The van der Waals surface area contributed by atoms with Crippen molar-refractivity contribution in [1.82, 2.24) is 38.9 Å². The SMILES string of the molecule is Cc1ncnc(C(=O)N2CCC3(CC2)C[C@@H](C)c2c3c(=O)n3nc(-c4cc(Cl)c(CN(C)C)cc4F)nc3n2CC(=O)Nc2ccc(C(F)(F)F)cc2Cl)c1O. The third-order valence-corrected chi connectivity index (χ3v) is 11.1. The molecule has 0 unspecified atom stereocenters. The predicted octanol–water partition coefficient (Wildman–Crippen LogP) is 6.21. The molecule has 0 saturated carbocycles. The van der Waals surface area contributed by atoms with E-state index in [0.717, 1.165) is 16.6 Å². The van der Waals surface area contributed by atoms with Gasteiger partial charge in [0.1, 0.15) is 18.7 Å². The molecule has 13 nitrogen and oxygen atoms in total. The van der Waals surface area contributed by atoms with Crippen molar-refractivity contribution in [1.29, 1.82) is 0 Å². The number of alkyl halides is 3. The van der Waals surface area contributed by atoms with Crippen molar-refractivity contribution in [2.45, 2.75) is 63.7 Å². The number of nitrogens with zero attached hydrogens (tertiary/aromatic N) is 8. The van der Waals surface area contributed by atoms with E-state index in [2.05, 4.69) is 25.4 Å².